The average Bonchev–Trinajstić information content (AvgIpc) is 2.48. The van der Waals surface area contributed by atoms with Gasteiger partial charge in [-0.1, -0.05) is 6.07 Å². The van der Waals surface area contributed by atoms with Crippen LogP contribution in [0.4, 0.5) is 17.2 Å². The van der Waals surface area contributed by atoms with Crippen LogP contribution >= 0.6 is 0 Å². The zero-order valence-corrected chi connectivity index (χ0v) is 11.3. The topological polar surface area (TPSA) is 120 Å². The monoisotopic (exact) mass is 286 g/mol. The van der Waals surface area contributed by atoms with Crippen molar-refractivity contribution in [3.8, 4) is 0 Å². The number of esters is 1. The molecule has 2 aromatic rings. The minimum atomic E-state index is -0.566. The standard InChI is InChI=1S/C14H14N4O3/c1-21-14(20)11-6-9(15)7-17-13(11)18-10-4-2-3-8(5-10)12(16)19/h2-7H,15H2,1H3,(H2,16,19)(H,17,18). The molecule has 0 saturated carbocycles. The van der Waals surface area contributed by atoms with Crippen LogP contribution in [0.25, 0.3) is 0 Å². The van der Waals surface area contributed by atoms with Gasteiger partial charge < -0.3 is 21.5 Å². The van der Waals surface area contributed by atoms with Crippen molar-refractivity contribution >= 4 is 29.1 Å². The van der Waals surface area contributed by atoms with Gasteiger partial charge in [0.05, 0.1) is 19.0 Å². The summed E-state index contributed by atoms with van der Waals surface area (Å²) in [6.07, 6.45) is 1.41. The molecule has 0 aliphatic carbocycles. The summed E-state index contributed by atoms with van der Waals surface area (Å²) >= 11 is 0. The van der Waals surface area contributed by atoms with E-state index >= 15 is 0 Å². The first-order valence-electron chi connectivity index (χ1n) is 6.02. The number of nitrogens with zero attached hydrogens (tertiary/aromatic N) is 1. The Hall–Kier alpha value is -3.09. The Kier molecular flexibility index (Phi) is 4.03. The van der Waals surface area contributed by atoms with Gasteiger partial charge in [-0.05, 0) is 24.3 Å². The van der Waals surface area contributed by atoms with E-state index in [-0.39, 0.29) is 11.4 Å². The molecule has 0 radical (unpaired) electrons. The van der Waals surface area contributed by atoms with Crippen molar-refractivity contribution in [1.82, 2.24) is 4.98 Å². The number of rotatable bonds is 4. The summed E-state index contributed by atoms with van der Waals surface area (Å²) in [5.41, 5.74) is 12.3. The van der Waals surface area contributed by atoms with Gasteiger partial charge >= 0.3 is 5.97 Å². The maximum atomic E-state index is 11.7. The second-order valence-corrected chi connectivity index (χ2v) is 4.23. The molecule has 5 N–H and O–H groups in total. The molecule has 108 valence electrons. The highest BCUT2D eigenvalue weighted by Gasteiger charge is 2.14. The summed E-state index contributed by atoms with van der Waals surface area (Å²) in [5.74, 6) is -0.835. The molecule has 7 heteroatoms. The number of ether oxygens (including phenoxy) is 1. The van der Waals surface area contributed by atoms with Gasteiger partial charge in [-0.25, -0.2) is 9.78 Å². The lowest BCUT2D eigenvalue weighted by molar-refractivity contribution is 0.0601. The first kappa shape index (κ1) is 14.3. The first-order chi connectivity index (χ1) is 10.0. The number of nitrogen functional groups attached to an aromatic ring is 1. The van der Waals surface area contributed by atoms with Crippen LogP contribution in [0.5, 0.6) is 0 Å². The molecule has 1 amide bonds. The van der Waals surface area contributed by atoms with Gasteiger partial charge in [-0.15, -0.1) is 0 Å². The van der Waals surface area contributed by atoms with Crippen LogP contribution in [0, 0.1) is 0 Å². The van der Waals surface area contributed by atoms with Crippen molar-refractivity contribution < 1.29 is 14.3 Å². The third-order valence-electron chi connectivity index (χ3n) is 2.72. The van der Waals surface area contributed by atoms with E-state index in [1.807, 2.05) is 0 Å². The fourth-order valence-corrected chi connectivity index (χ4v) is 1.73. The van der Waals surface area contributed by atoms with E-state index in [0.29, 0.717) is 16.9 Å². The number of primary amides is 1. The maximum absolute atomic E-state index is 11.7. The fourth-order valence-electron chi connectivity index (χ4n) is 1.73. The molecule has 0 unspecified atom stereocenters. The molecule has 21 heavy (non-hydrogen) atoms. The number of anilines is 3. The molecule has 1 aromatic carbocycles. The molecule has 0 atom stereocenters. The van der Waals surface area contributed by atoms with Gasteiger partial charge in [0, 0.05) is 11.3 Å². The number of aromatic nitrogens is 1. The largest absolute Gasteiger partial charge is 0.465 e. The molecule has 0 spiro atoms. The SMILES string of the molecule is COC(=O)c1cc(N)cnc1Nc1cccc(C(N)=O)c1. The lowest BCUT2D eigenvalue weighted by Gasteiger charge is -2.11. The summed E-state index contributed by atoms with van der Waals surface area (Å²) in [4.78, 5) is 26.9. The highest BCUT2D eigenvalue weighted by molar-refractivity contribution is 5.97. The molecule has 0 aliphatic heterocycles. The van der Waals surface area contributed by atoms with E-state index in [9.17, 15) is 9.59 Å². The Bertz CT molecular complexity index is 700. The zero-order chi connectivity index (χ0) is 15.4. The number of pyridine rings is 1. The molecule has 0 saturated heterocycles. The molecule has 2 rings (SSSR count). The highest BCUT2D eigenvalue weighted by atomic mass is 16.5. The minimum Gasteiger partial charge on any atom is -0.465 e. The molecular weight excluding hydrogens is 272 g/mol. The number of carbonyl (C=O) groups excluding carboxylic acids is 2. The summed E-state index contributed by atoms with van der Waals surface area (Å²) in [6, 6.07) is 7.98. The van der Waals surface area contributed by atoms with E-state index < -0.39 is 11.9 Å². The van der Waals surface area contributed by atoms with Crippen LogP contribution in [0.2, 0.25) is 0 Å². The van der Waals surface area contributed by atoms with Crippen molar-refractivity contribution in [3.05, 3.63) is 47.7 Å². The second-order valence-electron chi connectivity index (χ2n) is 4.23. The third-order valence-corrected chi connectivity index (χ3v) is 2.72. The number of hydrogen-bond donors (Lipinski definition) is 3. The number of benzene rings is 1. The molecule has 1 heterocycles. The van der Waals surface area contributed by atoms with Gasteiger partial charge in [0.2, 0.25) is 5.91 Å². The quantitative estimate of drug-likeness (QED) is 0.728. The van der Waals surface area contributed by atoms with Crippen molar-refractivity contribution in [3.63, 3.8) is 0 Å². The summed E-state index contributed by atoms with van der Waals surface area (Å²) in [7, 11) is 1.27. The van der Waals surface area contributed by atoms with Gasteiger partial charge in [0.15, 0.2) is 0 Å². The van der Waals surface area contributed by atoms with Gasteiger partial charge in [0.25, 0.3) is 0 Å². The predicted molar refractivity (Wildman–Crippen MR) is 78.2 cm³/mol. The van der Waals surface area contributed by atoms with Crippen LogP contribution in [0.3, 0.4) is 0 Å². The number of nitrogens with one attached hydrogen (secondary N) is 1. The Balaban J connectivity index is 2.37. The maximum Gasteiger partial charge on any atom is 0.341 e. The number of carbonyl (C=O) groups is 2. The second kappa shape index (κ2) is 5.91. The van der Waals surface area contributed by atoms with E-state index in [1.165, 1.54) is 19.4 Å². The van der Waals surface area contributed by atoms with E-state index in [0.717, 1.165) is 0 Å². The van der Waals surface area contributed by atoms with E-state index in [2.05, 4.69) is 15.0 Å². The molecular formula is C14H14N4O3. The predicted octanol–water partition coefficient (Wildman–Crippen LogP) is 1.29. The molecule has 0 aliphatic rings. The molecule has 0 fully saturated rings. The van der Waals surface area contributed by atoms with Gasteiger partial charge in [-0.2, -0.15) is 0 Å². The summed E-state index contributed by atoms with van der Waals surface area (Å²) in [5, 5.41) is 2.93. The van der Waals surface area contributed by atoms with Crippen molar-refractivity contribution in [2.24, 2.45) is 5.73 Å². The fraction of sp³-hybridized carbons (Fsp3) is 0.0714. The smallest absolute Gasteiger partial charge is 0.341 e. The van der Waals surface area contributed by atoms with E-state index in [4.69, 9.17) is 11.5 Å². The molecule has 7 nitrogen and oxygen atoms in total. The van der Waals surface area contributed by atoms with Crippen LogP contribution in [-0.4, -0.2) is 24.0 Å². The number of nitrogens with two attached hydrogens (primary N) is 2. The van der Waals surface area contributed by atoms with Crippen molar-refractivity contribution in [1.29, 1.82) is 0 Å². The summed E-state index contributed by atoms with van der Waals surface area (Å²) < 4.78 is 4.68. The van der Waals surface area contributed by atoms with Crippen LogP contribution < -0.4 is 16.8 Å². The Labute approximate surface area is 120 Å². The number of methoxy groups -OCH3 is 1. The number of amides is 1. The lowest BCUT2D eigenvalue weighted by atomic mass is 10.2. The van der Waals surface area contributed by atoms with Crippen LogP contribution in [-0.2, 0) is 4.74 Å². The minimum absolute atomic E-state index is 0.196. The summed E-state index contributed by atoms with van der Waals surface area (Å²) in [6.45, 7) is 0. The first-order valence-corrected chi connectivity index (χ1v) is 6.02. The zero-order valence-electron chi connectivity index (χ0n) is 11.3. The van der Waals surface area contributed by atoms with Gasteiger partial charge in [0.1, 0.15) is 11.4 Å². The molecule has 0 bridgehead atoms. The van der Waals surface area contributed by atoms with Crippen LogP contribution in [0.15, 0.2) is 36.5 Å². The third kappa shape index (κ3) is 3.27. The Morgan fingerprint density at radius 1 is 1.29 bits per heavy atom. The number of hydrogen-bond acceptors (Lipinski definition) is 6. The lowest BCUT2D eigenvalue weighted by Crippen LogP contribution is -2.11. The van der Waals surface area contributed by atoms with Gasteiger partial charge in [-0.3, -0.25) is 4.79 Å². The van der Waals surface area contributed by atoms with E-state index in [1.54, 1.807) is 24.3 Å². The van der Waals surface area contributed by atoms with Crippen molar-refractivity contribution in [2.75, 3.05) is 18.2 Å². The Morgan fingerprint density at radius 2 is 2.05 bits per heavy atom. The van der Waals surface area contributed by atoms with Crippen LogP contribution in [0.1, 0.15) is 20.7 Å². The normalized spacial score (nSPS) is 9.95. The molecule has 1 aromatic heterocycles. The highest BCUT2D eigenvalue weighted by Crippen LogP contribution is 2.22. The Morgan fingerprint density at radius 3 is 2.71 bits per heavy atom. The van der Waals surface area contributed by atoms with Crippen molar-refractivity contribution in [2.45, 2.75) is 0 Å². The average molecular weight is 286 g/mol.